The van der Waals surface area contributed by atoms with Crippen LogP contribution in [-0.2, 0) is 11.2 Å². The van der Waals surface area contributed by atoms with E-state index in [1.54, 1.807) is 12.4 Å². The van der Waals surface area contributed by atoms with Crippen molar-refractivity contribution in [1.29, 1.82) is 0 Å². The maximum atomic E-state index is 10.9. The Labute approximate surface area is 212 Å². The minimum Gasteiger partial charge on any atom is -0.493 e. The minimum atomic E-state index is -0.791. The average Bonchev–Trinajstić information content (AvgIpc) is 3.33. The number of aryl methyl sites for hydroxylation is 2. The molecule has 0 radical (unpaired) electrons. The number of rotatable bonds is 10. The predicted octanol–water partition coefficient (Wildman–Crippen LogP) is 7.04. The van der Waals surface area contributed by atoms with Gasteiger partial charge in [-0.15, -0.1) is 0 Å². The number of benzene rings is 2. The SMILES string of the molecule is Cc1cc(OCC(C)c2oc(-c3ccc(-c4ccncc4)cc3)nc2C(C)C)ccc1CCC(=O)O. The highest BCUT2D eigenvalue weighted by molar-refractivity contribution is 5.67. The van der Waals surface area contributed by atoms with Gasteiger partial charge in [0.25, 0.3) is 0 Å². The van der Waals surface area contributed by atoms with Crippen molar-refractivity contribution in [3.63, 3.8) is 0 Å². The molecule has 6 nitrogen and oxygen atoms in total. The molecular formula is C30H32N2O4. The van der Waals surface area contributed by atoms with Crippen LogP contribution in [-0.4, -0.2) is 27.7 Å². The van der Waals surface area contributed by atoms with Crippen molar-refractivity contribution in [2.75, 3.05) is 6.61 Å². The van der Waals surface area contributed by atoms with Gasteiger partial charge in [-0.05, 0) is 77.9 Å². The van der Waals surface area contributed by atoms with Gasteiger partial charge in [-0.2, -0.15) is 0 Å². The second-order valence-electron chi connectivity index (χ2n) is 9.43. The number of pyridine rings is 1. The Bertz CT molecular complexity index is 1310. The first-order valence-corrected chi connectivity index (χ1v) is 12.3. The molecule has 4 rings (SSSR count). The topological polar surface area (TPSA) is 85.5 Å². The summed E-state index contributed by atoms with van der Waals surface area (Å²) in [5, 5.41) is 8.93. The number of oxazole rings is 1. The summed E-state index contributed by atoms with van der Waals surface area (Å²) >= 11 is 0. The van der Waals surface area contributed by atoms with Crippen LogP contribution in [0.25, 0.3) is 22.6 Å². The van der Waals surface area contributed by atoms with E-state index in [0.29, 0.717) is 18.9 Å². The standard InChI is InChI=1S/C30H32N2O4/c1-19(2)28-29(21(4)18-35-26-11-9-22(20(3)17-26)10-12-27(33)34)36-30(32-28)25-7-5-23(6-8-25)24-13-15-31-16-14-24/h5-9,11,13-17,19,21H,10,12,18H2,1-4H3,(H,33,34). The first-order chi connectivity index (χ1) is 17.3. The third-order valence-electron chi connectivity index (χ3n) is 6.24. The van der Waals surface area contributed by atoms with E-state index in [1.165, 1.54) is 0 Å². The number of ether oxygens (including phenoxy) is 1. The van der Waals surface area contributed by atoms with Crippen LogP contribution < -0.4 is 4.74 Å². The molecule has 2 aromatic heterocycles. The molecule has 2 heterocycles. The second-order valence-corrected chi connectivity index (χ2v) is 9.43. The molecule has 186 valence electrons. The van der Waals surface area contributed by atoms with Crippen LogP contribution in [0.15, 0.2) is 71.4 Å². The van der Waals surface area contributed by atoms with Crippen LogP contribution in [0.5, 0.6) is 5.75 Å². The van der Waals surface area contributed by atoms with Crippen molar-refractivity contribution in [2.45, 2.75) is 52.4 Å². The molecule has 0 amide bonds. The highest BCUT2D eigenvalue weighted by atomic mass is 16.5. The predicted molar refractivity (Wildman–Crippen MR) is 140 cm³/mol. The van der Waals surface area contributed by atoms with Gasteiger partial charge in [0, 0.05) is 24.4 Å². The van der Waals surface area contributed by atoms with E-state index in [2.05, 4.69) is 37.9 Å². The normalized spacial score (nSPS) is 12.0. The number of carboxylic acid groups (broad SMARTS) is 1. The zero-order chi connectivity index (χ0) is 25.7. The molecular weight excluding hydrogens is 452 g/mol. The number of aliphatic carboxylic acids is 1. The van der Waals surface area contributed by atoms with E-state index < -0.39 is 5.97 Å². The minimum absolute atomic E-state index is 0.00624. The first-order valence-electron chi connectivity index (χ1n) is 12.3. The molecule has 0 aliphatic carbocycles. The molecule has 6 heteroatoms. The van der Waals surface area contributed by atoms with Gasteiger partial charge in [-0.3, -0.25) is 9.78 Å². The number of hydrogen-bond acceptors (Lipinski definition) is 5. The highest BCUT2D eigenvalue weighted by Gasteiger charge is 2.23. The zero-order valence-corrected chi connectivity index (χ0v) is 21.2. The summed E-state index contributed by atoms with van der Waals surface area (Å²) in [5.41, 5.74) is 6.16. The number of hydrogen-bond donors (Lipinski definition) is 1. The average molecular weight is 485 g/mol. The van der Waals surface area contributed by atoms with Crippen LogP contribution in [0, 0.1) is 6.92 Å². The monoisotopic (exact) mass is 484 g/mol. The summed E-state index contributed by atoms with van der Waals surface area (Å²) in [5.74, 6) is 1.64. The number of nitrogens with zero attached hydrogens (tertiary/aromatic N) is 2. The second kappa shape index (κ2) is 11.2. The third-order valence-corrected chi connectivity index (χ3v) is 6.24. The number of carbonyl (C=O) groups is 1. The summed E-state index contributed by atoms with van der Waals surface area (Å²) in [6.45, 7) is 8.74. The van der Waals surface area contributed by atoms with Gasteiger partial charge in [0.1, 0.15) is 11.5 Å². The Kier molecular flexibility index (Phi) is 7.84. The highest BCUT2D eigenvalue weighted by Crippen LogP contribution is 2.33. The molecule has 0 saturated heterocycles. The maximum Gasteiger partial charge on any atom is 0.303 e. The molecule has 0 aliphatic heterocycles. The van der Waals surface area contributed by atoms with Crippen LogP contribution in [0.2, 0.25) is 0 Å². The van der Waals surface area contributed by atoms with Gasteiger partial charge < -0.3 is 14.3 Å². The quantitative estimate of drug-likeness (QED) is 0.260. The fourth-order valence-corrected chi connectivity index (χ4v) is 4.16. The first kappa shape index (κ1) is 25.2. The van der Waals surface area contributed by atoms with E-state index in [9.17, 15) is 4.79 Å². The molecule has 36 heavy (non-hydrogen) atoms. The number of aromatic nitrogens is 2. The summed E-state index contributed by atoms with van der Waals surface area (Å²) in [7, 11) is 0. The fourth-order valence-electron chi connectivity index (χ4n) is 4.16. The molecule has 4 aromatic rings. The van der Waals surface area contributed by atoms with Crippen molar-refractivity contribution in [3.8, 4) is 28.3 Å². The smallest absolute Gasteiger partial charge is 0.303 e. The Morgan fingerprint density at radius 3 is 2.28 bits per heavy atom. The lowest BCUT2D eigenvalue weighted by atomic mass is 10.0. The van der Waals surface area contributed by atoms with Gasteiger partial charge in [-0.25, -0.2) is 4.98 Å². The van der Waals surface area contributed by atoms with Crippen molar-refractivity contribution >= 4 is 5.97 Å². The van der Waals surface area contributed by atoms with Crippen molar-refractivity contribution in [1.82, 2.24) is 9.97 Å². The Morgan fingerprint density at radius 1 is 0.972 bits per heavy atom. The molecule has 1 atom stereocenters. The number of carboxylic acids is 1. The summed E-state index contributed by atoms with van der Waals surface area (Å²) < 4.78 is 12.4. The molecule has 0 bridgehead atoms. The summed E-state index contributed by atoms with van der Waals surface area (Å²) in [6.07, 6.45) is 4.21. The summed E-state index contributed by atoms with van der Waals surface area (Å²) in [4.78, 5) is 19.8. The van der Waals surface area contributed by atoms with Gasteiger partial charge >= 0.3 is 5.97 Å². The van der Waals surface area contributed by atoms with E-state index >= 15 is 0 Å². The van der Waals surface area contributed by atoms with Crippen molar-refractivity contribution in [3.05, 3.63) is 89.6 Å². The third kappa shape index (κ3) is 6.00. The van der Waals surface area contributed by atoms with Crippen LogP contribution in [0.3, 0.4) is 0 Å². The van der Waals surface area contributed by atoms with Crippen LogP contribution >= 0.6 is 0 Å². The van der Waals surface area contributed by atoms with Gasteiger partial charge in [0.15, 0.2) is 0 Å². The van der Waals surface area contributed by atoms with E-state index in [-0.39, 0.29) is 18.3 Å². The zero-order valence-electron chi connectivity index (χ0n) is 21.2. The largest absolute Gasteiger partial charge is 0.493 e. The maximum absolute atomic E-state index is 10.9. The fraction of sp³-hybridized carbons (Fsp3) is 0.300. The van der Waals surface area contributed by atoms with Crippen molar-refractivity contribution < 1.29 is 19.1 Å². The van der Waals surface area contributed by atoms with E-state index in [4.69, 9.17) is 19.2 Å². The lowest BCUT2D eigenvalue weighted by Gasteiger charge is -2.14. The molecule has 0 spiro atoms. The van der Waals surface area contributed by atoms with Crippen molar-refractivity contribution in [2.24, 2.45) is 0 Å². The molecule has 0 fully saturated rings. The Morgan fingerprint density at radius 2 is 1.64 bits per heavy atom. The lowest BCUT2D eigenvalue weighted by Crippen LogP contribution is -2.09. The van der Waals surface area contributed by atoms with Gasteiger partial charge in [0.2, 0.25) is 5.89 Å². The molecule has 2 aromatic carbocycles. The molecule has 0 aliphatic rings. The molecule has 0 saturated carbocycles. The van der Waals surface area contributed by atoms with Crippen LogP contribution in [0.1, 0.15) is 61.6 Å². The molecule has 1 unspecified atom stereocenters. The lowest BCUT2D eigenvalue weighted by molar-refractivity contribution is -0.136. The summed E-state index contributed by atoms with van der Waals surface area (Å²) in [6, 6.07) is 18.0. The molecule has 1 N–H and O–H groups in total. The Balaban J connectivity index is 1.48. The Hall–Kier alpha value is -3.93. The van der Waals surface area contributed by atoms with E-state index in [0.717, 1.165) is 45.0 Å². The van der Waals surface area contributed by atoms with E-state index in [1.807, 2.05) is 49.4 Å². The van der Waals surface area contributed by atoms with Gasteiger partial charge in [0.05, 0.1) is 18.2 Å². The van der Waals surface area contributed by atoms with Gasteiger partial charge in [-0.1, -0.05) is 39.0 Å². The van der Waals surface area contributed by atoms with Crippen LogP contribution in [0.4, 0.5) is 0 Å².